The monoisotopic (exact) mass is 456 g/mol. The van der Waals surface area contributed by atoms with E-state index in [1.54, 1.807) is 23.5 Å². The number of halogens is 1. The number of thioether (sulfide) groups is 1. The van der Waals surface area contributed by atoms with E-state index in [-0.39, 0.29) is 29.1 Å². The Hall–Kier alpha value is -2.78. The lowest BCUT2D eigenvalue weighted by molar-refractivity contribution is -0.130. The highest BCUT2D eigenvalue weighted by atomic mass is 32.2. The molecule has 0 bridgehead atoms. The molecule has 0 aliphatic carbocycles. The number of nitrogens with zero attached hydrogens (tertiary/aromatic N) is 3. The van der Waals surface area contributed by atoms with Gasteiger partial charge in [0, 0.05) is 18.2 Å². The summed E-state index contributed by atoms with van der Waals surface area (Å²) in [6.07, 6.45) is 2.15. The number of aromatic nitrogens is 2. The predicted octanol–water partition coefficient (Wildman–Crippen LogP) is 4.39. The third-order valence-corrected chi connectivity index (χ3v) is 6.61. The summed E-state index contributed by atoms with van der Waals surface area (Å²) in [7, 11) is 0. The highest BCUT2D eigenvalue weighted by molar-refractivity contribution is 7.99. The first-order chi connectivity index (χ1) is 15.0. The van der Waals surface area contributed by atoms with Gasteiger partial charge in [-0.05, 0) is 35.6 Å². The van der Waals surface area contributed by atoms with E-state index in [0.717, 1.165) is 22.6 Å². The Bertz CT molecular complexity index is 1140. The van der Waals surface area contributed by atoms with Crippen LogP contribution >= 0.6 is 23.1 Å². The van der Waals surface area contributed by atoms with Gasteiger partial charge in [0.15, 0.2) is 5.16 Å². The molecule has 0 unspecified atom stereocenters. The number of rotatable bonds is 7. The van der Waals surface area contributed by atoms with Crippen LogP contribution in [-0.4, -0.2) is 32.3 Å². The van der Waals surface area contributed by atoms with E-state index in [0.29, 0.717) is 23.7 Å². The van der Waals surface area contributed by atoms with Crippen molar-refractivity contribution in [1.29, 1.82) is 0 Å². The number of carbonyl (C=O) groups excluding carboxylic acids is 1. The van der Waals surface area contributed by atoms with Crippen LogP contribution in [0.25, 0.3) is 0 Å². The molecule has 0 saturated heterocycles. The summed E-state index contributed by atoms with van der Waals surface area (Å²) in [6.45, 7) is 2.02. The summed E-state index contributed by atoms with van der Waals surface area (Å²) in [6, 6.07) is 11.3. The number of aromatic amines is 1. The van der Waals surface area contributed by atoms with Gasteiger partial charge < -0.3 is 4.98 Å². The summed E-state index contributed by atoms with van der Waals surface area (Å²) in [5, 5.41) is 8.46. The quantitative estimate of drug-likeness (QED) is 0.422. The number of carbonyl (C=O) groups is 1. The van der Waals surface area contributed by atoms with Crippen molar-refractivity contribution in [3.05, 3.63) is 80.2 Å². The molecule has 0 radical (unpaired) electrons. The van der Waals surface area contributed by atoms with Gasteiger partial charge in [-0.15, -0.1) is 11.3 Å². The molecule has 0 spiro atoms. The zero-order valence-corrected chi connectivity index (χ0v) is 18.5. The maximum absolute atomic E-state index is 13.4. The van der Waals surface area contributed by atoms with Crippen LogP contribution in [0, 0.1) is 5.82 Å². The third kappa shape index (κ3) is 5.11. The number of hydrogen-bond acceptors (Lipinski definition) is 6. The second-order valence-electron chi connectivity index (χ2n) is 7.11. The van der Waals surface area contributed by atoms with Crippen LogP contribution in [0.3, 0.4) is 0 Å². The Morgan fingerprint density at radius 2 is 2.13 bits per heavy atom. The topological polar surface area (TPSA) is 78.4 Å². The minimum Gasteiger partial charge on any atom is -0.301 e. The Labute approximate surface area is 187 Å². The van der Waals surface area contributed by atoms with Gasteiger partial charge in [0.2, 0.25) is 0 Å². The van der Waals surface area contributed by atoms with Gasteiger partial charge in [-0.1, -0.05) is 43.3 Å². The first-order valence-electron chi connectivity index (χ1n) is 9.95. The molecule has 1 aliphatic rings. The molecule has 1 aromatic carbocycles. The van der Waals surface area contributed by atoms with Crippen LogP contribution in [0.5, 0.6) is 0 Å². The lowest BCUT2D eigenvalue weighted by atomic mass is 10.0. The fourth-order valence-electron chi connectivity index (χ4n) is 3.41. The van der Waals surface area contributed by atoms with Crippen molar-refractivity contribution in [3.8, 4) is 0 Å². The molecule has 3 heterocycles. The van der Waals surface area contributed by atoms with Crippen LogP contribution in [0.4, 0.5) is 4.39 Å². The largest absolute Gasteiger partial charge is 0.301 e. The smallest absolute Gasteiger partial charge is 0.253 e. The molecule has 0 saturated carbocycles. The van der Waals surface area contributed by atoms with Crippen LogP contribution in [-0.2, 0) is 11.2 Å². The standard InChI is InChI=1S/C22H21FN4O2S2/c1-2-4-16-11-20(28)25-22(24-16)31-13-21(29)27-18(14-6-8-15(23)9-7-14)12-17(26-27)19-5-3-10-30-19/h3,5-11,18H,2,4,12-13H2,1H3,(H,24,25,28)/t18-/m1/s1. The van der Waals surface area contributed by atoms with Crippen molar-refractivity contribution in [2.45, 2.75) is 37.4 Å². The normalized spacial score (nSPS) is 15.9. The molecule has 160 valence electrons. The molecule has 31 heavy (non-hydrogen) atoms. The number of benzene rings is 1. The maximum Gasteiger partial charge on any atom is 0.253 e. The lowest BCUT2D eigenvalue weighted by Crippen LogP contribution is -2.28. The highest BCUT2D eigenvalue weighted by Gasteiger charge is 2.33. The van der Waals surface area contributed by atoms with Crippen LogP contribution < -0.4 is 5.56 Å². The SMILES string of the molecule is CCCc1cc(=O)[nH]c(SCC(=O)N2N=C(c3cccs3)C[C@@H]2c2ccc(F)cc2)n1. The third-order valence-electron chi connectivity index (χ3n) is 4.84. The number of hydrazone groups is 1. The van der Waals surface area contributed by atoms with E-state index in [1.807, 2.05) is 24.4 Å². The molecule has 1 atom stereocenters. The highest BCUT2D eigenvalue weighted by Crippen LogP contribution is 2.34. The maximum atomic E-state index is 13.4. The van der Waals surface area contributed by atoms with Gasteiger partial charge in [0.1, 0.15) is 5.82 Å². The van der Waals surface area contributed by atoms with E-state index >= 15 is 0 Å². The van der Waals surface area contributed by atoms with Gasteiger partial charge in [-0.25, -0.2) is 14.4 Å². The van der Waals surface area contributed by atoms with Gasteiger partial charge in [0.25, 0.3) is 11.5 Å². The Morgan fingerprint density at radius 3 is 2.84 bits per heavy atom. The molecule has 9 heteroatoms. The zero-order chi connectivity index (χ0) is 21.8. The molecule has 6 nitrogen and oxygen atoms in total. The van der Waals surface area contributed by atoms with Crippen LogP contribution in [0.15, 0.2) is 62.9 Å². The number of amides is 1. The Kier molecular flexibility index (Phi) is 6.62. The molecule has 3 aromatic rings. The number of H-pyrrole nitrogens is 1. The van der Waals surface area contributed by atoms with Gasteiger partial charge >= 0.3 is 0 Å². The molecule has 2 aromatic heterocycles. The summed E-state index contributed by atoms with van der Waals surface area (Å²) in [5.41, 5.74) is 2.15. The molecular formula is C22H21FN4O2S2. The summed E-state index contributed by atoms with van der Waals surface area (Å²) < 4.78 is 13.4. The fourth-order valence-corrected chi connectivity index (χ4v) is 4.88. The lowest BCUT2D eigenvalue weighted by Gasteiger charge is -2.22. The molecule has 1 amide bonds. The first-order valence-corrected chi connectivity index (χ1v) is 11.8. The average molecular weight is 457 g/mol. The summed E-state index contributed by atoms with van der Waals surface area (Å²) in [4.78, 5) is 33.1. The molecular weight excluding hydrogens is 435 g/mol. The summed E-state index contributed by atoms with van der Waals surface area (Å²) in [5.74, 6) is -0.441. The van der Waals surface area contributed by atoms with E-state index in [4.69, 9.17) is 0 Å². The van der Waals surface area contributed by atoms with E-state index in [1.165, 1.54) is 35.0 Å². The molecule has 1 aliphatic heterocycles. The summed E-state index contributed by atoms with van der Waals surface area (Å²) >= 11 is 2.75. The first kappa shape index (κ1) is 21.5. The minimum atomic E-state index is -0.323. The number of hydrogen-bond donors (Lipinski definition) is 1. The van der Waals surface area contributed by atoms with Gasteiger partial charge in [0.05, 0.1) is 22.4 Å². The van der Waals surface area contributed by atoms with E-state index in [2.05, 4.69) is 15.1 Å². The molecule has 4 rings (SSSR count). The van der Waals surface area contributed by atoms with Crippen molar-refractivity contribution >= 4 is 34.7 Å². The second-order valence-corrected chi connectivity index (χ2v) is 9.03. The number of thiophene rings is 1. The molecule has 1 N–H and O–H groups in total. The number of nitrogens with one attached hydrogen (secondary N) is 1. The Balaban J connectivity index is 1.54. The predicted molar refractivity (Wildman–Crippen MR) is 121 cm³/mol. The number of aryl methyl sites for hydroxylation is 1. The van der Waals surface area contributed by atoms with Crippen LogP contribution in [0.2, 0.25) is 0 Å². The fraction of sp³-hybridized carbons (Fsp3) is 0.273. The van der Waals surface area contributed by atoms with Crippen molar-refractivity contribution < 1.29 is 9.18 Å². The molecule has 0 fully saturated rings. The van der Waals surface area contributed by atoms with Crippen molar-refractivity contribution in [3.63, 3.8) is 0 Å². The van der Waals surface area contributed by atoms with E-state index in [9.17, 15) is 14.0 Å². The van der Waals surface area contributed by atoms with E-state index < -0.39 is 0 Å². The van der Waals surface area contributed by atoms with Crippen LogP contribution in [0.1, 0.15) is 41.9 Å². The Morgan fingerprint density at radius 1 is 1.32 bits per heavy atom. The zero-order valence-electron chi connectivity index (χ0n) is 16.9. The average Bonchev–Trinajstić information content (AvgIpc) is 3.42. The minimum absolute atomic E-state index is 0.0808. The van der Waals surface area contributed by atoms with Crippen molar-refractivity contribution in [2.75, 3.05) is 5.75 Å². The second kappa shape index (κ2) is 9.57. The van der Waals surface area contributed by atoms with Gasteiger partial charge in [-0.3, -0.25) is 9.59 Å². The van der Waals surface area contributed by atoms with Crippen molar-refractivity contribution in [2.24, 2.45) is 5.10 Å². The van der Waals surface area contributed by atoms with Crippen molar-refractivity contribution in [1.82, 2.24) is 15.0 Å². The van der Waals surface area contributed by atoms with Gasteiger partial charge in [-0.2, -0.15) is 5.10 Å².